The molecule has 0 amide bonds. The Morgan fingerprint density at radius 3 is 2.13 bits per heavy atom. The van der Waals surface area contributed by atoms with Gasteiger partial charge in [0.1, 0.15) is 0 Å². The van der Waals surface area contributed by atoms with Gasteiger partial charge in [-0.2, -0.15) is 0 Å². The van der Waals surface area contributed by atoms with Crippen LogP contribution in [0.15, 0.2) is 35.6 Å². The number of rotatable bonds is 4. The van der Waals surface area contributed by atoms with Gasteiger partial charge >= 0.3 is 11.9 Å². The molecule has 4 heteroatoms. The number of esters is 1. The van der Waals surface area contributed by atoms with E-state index in [1.807, 2.05) is 0 Å². The normalized spacial score (nSPS) is 13.0. The topological polar surface area (TPSA) is 63.6 Å². The SMILES string of the molecule is CC=COC(=O)C(C)=CC=C(C)C(=O)O. The molecule has 0 fully saturated rings. The molecule has 0 aliphatic heterocycles. The number of ether oxygens (including phenoxy) is 1. The van der Waals surface area contributed by atoms with Crippen LogP contribution >= 0.6 is 0 Å². The monoisotopic (exact) mass is 210 g/mol. The first-order chi connectivity index (χ1) is 6.99. The lowest BCUT2D eigenvalue weighted by molar-refractivity contribution is -0.134. The lowest BCUT2D eigenvalue weighted by atomic mass is 10.2. The van der Waals surface area contributed by atoms with E-state index in [-0.39, 0.29) is 5.57 Å². The summed E-state index contributed by atoms with van der Waals surface area (Å²) in [5, 5.41) is 8.55. The Bertz CT molecular complexity index is 334. The number of allylic oxidation sites excluding steroid dienone is 3. The van der Waals surface area contributed by atoms with E-state index in [0.717, 1.165) is 0 Å². The first-order valence-corrected chi connectivity index (χ1v) is 4.39. The van der Waals surface area contributed by atoms with Crippen molar-refractivity contribution in [3.05, 3.63) is 35.6 Å². The van der Waals surface area contributed by atoms with Crippen molar-refractivity contribution < 1.29 is 19.4 Å². The van der Waals surface area contributed by atoms with Crippen LogP contribution in [0.2, 0.25) is 0 Å². The van der Waals surface area contributed by atoms with Crippen LogP contribution in [-0.4, -0.2) is 17.0 Å². The molecule has 0 rings (SSSR count). The molecule has 0 unspecified atom stereocenters. The van der Waals surface area contributed by atoms with Crippen LogP contribution in [0.4, 0.5) is 0 Å². The van der Waals surface area contributed by atoms with Crippen molar-refractivity contribution in [3.8, 4) is 0 Å². The molecule has 0 aliphatic rings. The first kappa shape index (κ1) is 13.2. The highest BCUT2D eigenvalue weighted by Crippen LogP contribution is 2.00. The van der Waals surface area contributed by atoms with Gasteiger partial charge in [0.25, 0.3) is 0 Å². The van der Waals surface area contributed by atoms with Gasteiger partial charge in [0.15, 0.2) is 0 Å². The van der Waals surface area contributed by atoms with Crippen LogP contribution in [-0.2, 0) is 14.3 Å². The minimum atomic E-state index is -1.01. The second kappa shape index (κ2) is 6.59. The van der Waals surface area contributed by atoms with Gasteiger partial charge in [-0.25, -0.2) is 9.59 Å². The molecule has 0 aliphatic carbocycles. The van der Waals surface area contributed by atoms with Crippen LogP contribution in [0, 0.1) is 0 Å². The van der Waals surface area contributed by atoms with E-state index >= 15 is 0 Å². The van der Waals surface area contributed by atoms with Crippen molar-refractivity contribution in [3.63, 3.8) is 0 Å². The number of hydrogen-bond donors (Lipinski definition) is 1. The van der Waals surface area contributed by atoms with Crippen LogP contribution in [0.5, 0.6) is 0 Å². The van der Waals surface area contributed by atoms with E-state index in [0.29, 0.717) is 5.57 Å². The largest absolute Gasteiger partial charge is 0.478 e. The summed E-state index contributed by atoms with van der Waals surface area (Å²) < 4.78 is 4.68. The van der Waals surface area contributed by atoms with Crippen molar-refractivity contribution in [1.29, 1.82) is 0 Å². The van der Waals surface area contributed by atoms with E-state index < -0.39 is 11.9 Å². The summed E-state index contributed by atoms with van der Waals surface area (Å²) in [4.78, 5) is 21.6. The Balaban J connectivity index is 4.50. The van der Waals surface area contributed by atoms with Gasteiger partial charge in [0.2, 0.25) is 0 Å². The molecule has 1 N–H and O–H groups in total. The Kier molecular flexibility index (Phi) is 5.78. The average molecular weight is 210 g/mol. The molecule has 0 saturated carbocycles. The standard InChI is InChI=1S/C11H14O4/c1-4-7-15-11(14)9(3)6-5-8(2)10(12)13/h4-7H,1-3H3,(H,12,13). The third-order valence-electron chi connectivity index (χ3n) is 1.55. The molecule has 0 bridgehead atoms. The Hall–Kier alpha value is -1.84. The Labute approximate surface area is 88.6 Å². The maximum absolute atomic E-state index is 11.2. The summed E-state index contributed by atoms with van der Waals surface area (Å²) in [5.41, 5.74) is 0.502. The van der Waals surface area contributed by atoms with Crippen molar-refractivity contribution in [2.24, 2.45) is 0 Å². The Morgan fingerprint density at radius 2 is 1.67 bits per heavy atom. The molecular formula is C11H14O4. The van der Waals surface area contributed by atoms with E-state index in [1.165, 1.54) is 25.3 Å². The average Bonchev–Trinajstić information content (AvgIpc) is 2.21. The maximum atomic E-state index is 11.2. The summed E-state index contributed by atoms with van der Waals surface area (Å²) in [5.74, 6) is -1.51. The molecule has 0 radical (unpaired) electrons. The molecule has 0 aromatic carbocycles. The first-order valence-electron chi connectivity index (χ1n) is 4.39. The number of carbonyl (C=O) groups is 2. The fraction of sp³-hybridized carbons (Fsp3) is 0.273. The van der Waals surface area contributed by atoms with Crippen LogP contribution in [0.3, 0.4) is 0 Å². The minimum absolute atomic E-state index is 0.160. The second-order valence-corrected chi connectivity index (χ2v) is 2.88. The lowest BCUT2D eigenvalue weighted by Crippen LogP contribution is -2.01. The van der Waals surface area contributed by atoms with Gasteiger partial charge in [-0.1, -0.05) is 18.2 Å². The van der Waals surface area contributed by atoms with E-state index in [2.05, 4.69) is 4.74 Å². The highest BCUT2D eigenvalue weighted by Gasteiger charge is 2.03. The number of hydrogen-bond acceptors (Lipinski definition) is 3. The number of aliphatic carboxylic acids is 1. The smallest absolute Gasteiger partial charge is 0.338 e. The molecule has 0 saturated heterocycles. The summed E-state index contributed by atoms with van der Waals surface area (Å²) in [7, 11) is 0. The second-order valence-electron chi connectivity index (χ2n) is 2.88. The summed E-state index contributed by atoms with van der Waals surface area (Å²) in [6.45, 7) is 4.72. The van der Waals surface area contributed by atoms with Gasteiger partial charge in [0.05, 0.1) is 6.26 Å². The molecule has 82 valence electrons. The van der Waals surface area contributed by atoms with E-state index in [9.17, 15) is 9.59 Å². The highest BCUT2D eigenvalue weighted by molar-refractivity contribution is 5.90. The van der Waals surface area contributed by atoms with Crippen molar-refractivity contribution in [2.75, 3.05) is 0 Å². The van der Waals surface area contributed by atoms with Gasteiger partial charge in [-0.05, 0) is 20.8 Å². The van der Waals surface area contributed by atoms with Crippen LogP contribution in [0.25, 0.3) is 0 Å². The van der Waals surface area contributed by atoms with E-state index in [1.54, 1.807) is 19.9 Å². The predicted octanol–water partition coefficient (Wildman–Crippen LogP) is 2.04. The zero-order valence-electron chi connectivity index (χ0n) is 8.98. The fourth-order valence-corrected chi connectivity index (χ4v) is 0.612. The molecule has 0 aromatic rings. The van der Waals surface area contributed by atoms with Gasteiger partial charge in [-0.15, -0.1) is 0 Å². The quantitative estimate of drug-likeness (QED) is 0.334. The molecule has 15 heavy (non-hydrogen) atoms. The van der Waals surface area contributed by atoms with Crippen molar-refractivity contribution >= 4 is 11.9 Å². The van der Waals surface area contributed by atoms with Gasteiger partial charge in [0, 0.05) is 11.1 Å². The lowest BCUT2D eigenvalue weighted by Gasteiger charge is -1.97. The molecule has 4 nitrogen and oxygen atoms in total. The summed E-state index contributed by atoms with van der Waals surface area (Å²) in [6, 6.07) is 0. The number of carboxylic acids is 1. The molecule has 0 aromatic heterocycles. The zero-order valence-corrected chi connectivity index (χ0v) is 8.98. The predicted molar refractivity (Wildman–Crippen MR) is 56.1 cm³/mol. The summed E-state index contributed by atoms with van der Waals surface area (Å²) >= 11 is 0. The fourth-order valence-electron chi connectivity index (χ4n) is 0.612. The third-order valence-corrected chi connectivity index (χ3v) is 1.55. The highest BCUT2D eigenvalue weighted by atomic mass is 16.5. The summed E-state index contributed by atoms with van der Waals surface area (Å²) in [6.07, 6.45) is 5.63. The minimum Gasteiger partial charge on any atom is -0.478 e. The molecular weight excluding hydrogens is 196 g/mol. The zero-order chi connectivity index (χ0) is 11.8. The maximum Gasteiger partial charge on any atom is 0.338 e. The molecule has 0 heterocycles. The van der Waals surface area contributed by atoms with Crippen LogP contribution in [0.1, 0.15) is 20.8 Å². The van der Waals surface area contributed by atoms with Crippen molar-refractivity contribution in [2.45, 2.75) is 20.8 Å². The van der Waals surface area contributed by atoms with Gasteiger partial charge in [-0.3, -0.25) is 0 Å². The number of carboxylic acid groups (broad SMARTS) is 1. The van der Waals surface area contributed by atoms with Crippen LogP contribution < -0.4 is 0 Å². The Morgan fingerprint density at radius 1 is 1.13 bits per heavy atom. The molecule has 0 atom stereocenters. The van der Waals surface area contributed by atoms with Gasteiger partial charge < -0.3 is 9.84 Å². The number of carbonyl (C=O) groups excluding carboxylic acids is 1. The van der Waals surface area contributed by atoms with Crippen molar-refractivity contribution in [1.82, 2.24) is 0 Å². The van der Waals surface area contributed by atoms with E-state index in [4.69, 9.17) is 5.11 Å². The third kappa shape index (κ3) is 5.46. The molecule has 0 spiro atoms.